The van der Waals surface area contributed by atoms with Gasteiger partial charge in [0.05, 0.1) is 5.56 Å². The molecule has 26 heavy (non-hydrogen) atoms. The van der Waals surface area contributed by atoms with Gasteiger partial charge in [0.15, 0.2) is 0 Å². The minimum absolute atomic E-state index is 0.170. The Morgan fingerprint density at radius 1 is 0.962 bits per heavy atom. The van der Waals surface area contributed by atoms with Crippen LogP contribution in [-0.4, -0.2) is 16.1 Å². The molecule has 0 saturated heterocycles. The minimum atomic E-state index is -0.902. The molecule has 4 rings (SSSR count). The van der Waals surface area contributed by atoms with Crippen LogP contribution in [-0.2, 0) is 10.8 Å². The van der Waals surface area contributed by atoms with E-state index in [9.17, 15) is 9.90 Å². The molecule has 1 aromatic heterocycles. The monoisotopic (exact) mass is 347 g/mol. The number of nitrogens with one attached hydrogen (secondary N) is 1. The summed E-state index contributed by atoms with van der Waals surface area (Å²) >= 11 is 0. The highest BCUT2D eigenvalue weighted by Crippen LogP contribution is 2.47. The number of hydrogen-bond donors (Lipinski definition) is 2. The average molecular weight is 347 g/mol. The van der Waals surface area contributed by atoms with Crippen molar-refractivity contribution < 1.29 is 9.90 Å². The molecule has 3 heteroatoms. The van der Waals surface area contributed by atoms with Gasteiger partial charge in [-0.1, -0.05) is 52.0 Å². The molecule has 0 bridgehead atoms. The van der Waals surface area contributed by atoms with E-state index in [0.717, 1.165) is 16.5 Å². The van der Waals surface area contributed by atoms with E-state index in [1.54, 1.807) is 12.1 Å². The fourth-order valence-corrected chi connectivity index (χ4v) is 4.25. The van der Waals surface area contributed by atoms with E-state index >= 15 is 0 Å². The summed E-state index contributed by atoms with van der Waals surface area (Å²) in [5.74, 6) is -0.902. The Hall–Kier alpha value is -2.55. The summed E-state index contributed by atoms with van der Waals surface area (Å²) in [6.07, 6.45) is 4.38. The number of aromatic amines is 1. The van der Waals surface area contributed by atoms with Crippen LogP contribution in [0.1, 0.15) is 62.0 Å². The van der Waals surface area contributed by atoms with Crippen molar-refractivity contribution in [3.63, 3.8) is 0 Å². The molecule has 2 aromatic carbocycles. The molecule has 0 atom stereocenters. The van der Waals surface area contributed by atoms with Crippen LogP contribution < -0.4 is 0 Å². The van der Waals surface area contributed by atoms with Gasteiger partial charge in [-0.15, -0.1) is 0 Å². The predicted molar refractivity (Wildman–Crippen MR) is 106 cm³/mol. The Labute approximate surface area is 154 Å². The molecule has 134 valence electrons. The summed E-state index contributed by atoms with van der Waals surface area (Å²) < 4.78 is 0. The highest BCUT2D eigenvalue weighted by molar-refractivity contribution is 5.99. The summed E-state index contributed by atoms with van der Waals surface area (Å²) in [4.78, 5) is 14.4. The van der Waals surface area contributed by atoms with Crippen LogP contribution >= 0.6 is 0 Å². The van der Waals surface area contributed by atoms with Crippen molar-refractivity contribution in [1.29, 1.82) is 0 Å². The van der Waals surface area contributed by atoms with Gasteiger partial charge in [-0.3, -0.25) is 0 Å². The van der Waals surface area contributed by atoms with Crippen molar-refractivity contribution in [1.82, 2.24) is 4.98 Å². The molecular weight excluding hydrogens is 322 g/mol. The number of hydrogen-bond acceptors (Lipinski definition) is 1. The number of rotatable bonds is 2. The first-order valence-corrected chi connectivity index (χ1v) is 9.19. The third-order valence-corrected chi connectivity index (χ3v) is 6.09. The first kappa shape index (κ1) is 16.9. The first-order valence-electron chi connectivity index (χ1n) is 9.19. The zero-order valence-electron chi connectivity index (χ0n) is 15.8. The lowest BCUT2D eigenvalue weighted by molar-refractivity contribution is 0.0697. The van der Waals surface area contributed by atoms with E-state index in [2.05, 4.69) is 50.9 Å². The maximum atomic E-state index is 11.2. The summed E-state index contributed by atoms with van der Waals surface area (Å²) in [5, 5.41) is 10.3. The molecule has 0 spiro atoms. The first-order chi connectivity index (χ1) is 12.2. The van der Waals surface area contributed by atoms with Crippen LogP contribution in [0, 0.1) is 0 Å². The van der Waals surface area contributed by atoms with Crippen LogP contribution in [0.15, 0.2) is 42.6 Å². The number of carboxylic acid groups (broad SMARTS) is 1. The maximum Gasteiger partial charge on any atom is 0.335 e. The van der Waals surface area contributed by atoms with Gasteiger partial charge in [0, 0.05) is 22.7 Å². The molecule has 0 saturated carbocycles. The SMILES string of the molecule is CC1(C)CCC(C)(C)c2cc(-c3c[nH]c4cc(C(=O)O)ccc34)ccc21. The largest absolute Gasteiger partial charge is 0.478 e. The van der Waals surface area contributed by atoms with E-state index in [1.807, 2.05) is 12.3 Å². The topological polar surface area (TPSA) is 53.1 Å². The molecule has 0 aliphatic heterocycles. The molecule has 1 aliphatic carbocycles. The molecule has 0 radical (unpaired) electrons. The van der Waals surface area contributed by atoms with Gasteiger partial charge in [-0.05, 0) is 52.5 Å². The molecule has 0 fully saturated rings. The summed E-state index contributed by atoms with van der Waals surface area (Å²) in [6, 6.07) is 12.1. The van der Waals surface area contributed by atoms with E-state index in [1.165, 1.54) is 29.5 Å². The Morgan fingerprint density at radius 2 is 1.65 bits per heavy atom. The van der Waals surface area contributed by atoms with Crippen LogP contribution in [0.4, 0.5) is 0 Å². The molecule has 2 N–H and O–H groups in total. The normalized spacial score (nSPS) is 17.8. The second-order valence-corrected chi connectivity index (χ2v) is 8.80. The van der Waals surface area contributed by atoms with Crippen molar-refractivity contribution in [3.8, 4) is 11.1 Å². The second-order valence-electron chi connectivity index (χ2n) is 8.80. The minimum Gasteiger partial charge on any atom is -0.478 e. The van der Waals surface area contributed by atoms with Crippen LogP contribution in [0.2, 0.25) is 0 Å². The predicted octanol–water partition coefficient (Wildman–Crippen LogP) is 5.88. The summed E-state index contributed by atoms with van der Waals surface area (Å²) in [6.45, 7) is 9.33. The van der Waals surface area contributed by atoms with Crippen molar-refractivity contribution in [3.05, 3.63) is 59.3 Å². The van der Waals surface area contributed by atoms with Crippen LogP contribution in [0.5, 0.6) is 0 Å². The highest BCUT2D eigenvalue weighted by Gasteiger charge is 2.37. The standard InChI is InChI=1S/C23H25NO2/c1-22(2)9-10-23(3,4)19-11-14(6-8-18(19)22)17-13-24-20-12-15(21(25)26)5-7-16(17)20/h5-8,11-13,24H,9-10H2,1-4H3,(H,25,26). The van der Waals surface area contributed by atoms with Gasteiger partial charge in [0.25, 0.3) is 0 Å². The molecule has 0 unspecified atom stereocenters. The van der Waals surface area contributed by atoms with Gasteiger partial charge in [0.1, 0.15) is 0 Å². The summed E-state index contributed by atoms with van der Waals surface area (Å²) in [5.41, 5.74) is 6.73. The van der Waals surface area contributed by atoms with Crippen LogP contribution in [0.25, 0.3) is 22.0 Å². The lowest BCUT2D eigenvalue weighted by Crippen LogP contribution is -2.33. The van der Waals surface area contributed by atoms with E-state index in [-0.39, 0.29) is 10.8 Å². The zero-order valence-corrected chi connectivity index (χ0v) is 15.8. The number of fused-ring (bicyclic) bond motifs is 2. The van der Waals surface area contributed by atoms with Crippen molar-refractivity contribution in [2.75, 3.05) is 0 Å². The lowest BCUT2D eigenvalue weighted by atomic mass is 9.63. The van der Waals surface area contributed by atoms with Gasteiger partial charge in [-0.2, -0.15) is 0 Å². The van der Waals surface area contributed by atoms with Gasteiger partial charge >= 0.3 is 5.97 Å². The average Bonchev–Trinajstić information content (AvgIpc) is 3.02. The molecule has 3 aromatic rings. The third-order valence-electron chi connectivity index (χ3n) is 6.09. The second kappa shape index (κ2) is 5.47. The van der Waals surface area contributed by atoms with E-state index in [4.69, 9.17) is 0 Å². The van der Waals surface area contributed by atoms with Crippen molar-refractivity contribution in [2.45, 2.75) is 51.4 Å². The Bertz CT molecular complexity index is 1020. The number of carbonyl (C=O) groups is 1. The quantitative estimate of drug-likeness (QED) is 0.608. The smallest absolute Gasteiger partial charge is 0.335 e. The van der Waals surface area contributed by atoms with Crippen molar-refractivity contribution in [2.24, 2.45) is 0 Å². The number of carboxylic acids is 1. The Morgan fingerprint density at radius 3 is 2.35 bits per heavy atom. The van der Waals surface area contributed by atoms with Gasteiger partial charge in [-0.25, -0.2) is 4.79 Å². The van der Waals surface area contributed by atoms with Crippen LogP contribution in [0.3, 0.4) is 0 Å². The number of benzene rings is 2. The molecule has 1 aliphatic rings. The number of aromatic nitrogens is 1. The lowest BCUT2D eigenvalue weighted by Gasteiger charge is -2.42. The summed E-state index contributed by atoms with van der Waals surface area (Å²) in [7, 11) is 0. The molecule has 1 heterocycles. The maximum absolute atomic E-state index is 11.2. The highest BCUT2D eigenvalue weighted by atomic mass is 16.4. The number of aromatic carboxylic acids is 1. The molecule has 0 amide bonds. The van der Waals surface area contributed by atoms with E-state index in [0.29, 0.717) is 5.56 Å². The molecule has 3 nitrogen and oxygen atoms in total. The Balaban J connectivity index is 1.87. The fourth-order valence-electron chi connectivity index (χ4n) is 4.25. The number of H-pyrrole nitrogens is 1. The zero-order chi connectivity index (χ0) is 18.7. The van der Waals surface area contributed by atoms with Gasteiger partial charge < -0.3 is 10.1 Å². The fraction of sp³-hybridized carbons (Fsp3) is 0.348. The van der Waals surface area contributed by atoms with Gasteiger partial charge in [0.2, 0.25) is 0 Å². The van der Waals surface area contributed by atoms with E-state index < -0.39 is 5.97 Å². The third kappa shape index (κ3) is 2.54. The van der Waals surface area contributed by atoms with Crippen molar-refractivity contribution >= 4 is 16.9 Å². The molecular formula is C23H25NO2. The Kier molecular flexibility index (Phi) is 3.56.